The predicted molar refractivity (Wildman–Crippen MR) is 129 cm³/mol. The normalized spacial score (nSPS) is 11.0. The average Bonchev–Trinajstić information content (AvgIpc) is 2.77. The number of unbranched alkanes of at least 4 members (excludes halogenated alkanes) is 9. The number of hydrogen-bond donors (Lipinski definition) is 1. The van der Waals surface area contributed by atoms with Gasteiger partial charge in [-0.15, -0.1) is 0 Å². The van der Waals surface area contributed by atoms with E-state index in [2.05, 4.69) is 78.1 Å². The Balaban J connectivity index is 1.13. The van der Waals surface area contributed by atoms with Crippen LogP contribution in [0.25, 0.3) is 10.8 Å². The highest BCUT2D eigenvalue weighted by Gasteiger charge is 1.99. The van der Waals surface area contributed by atoms with Gasteiger partial charge in [-0.2, -0.15) is 0 Å². The summed E-state index contributed by atoms with van der Waals surface area (Å²) in [4.78, 5) is 0. The number of hydrogen-bond acceptors (Lipinski definition) is 1. The molecular formula is C28H37N. The molecule has 0 bridgehead atoms. The van der Waals surface area contributed by atoms with E-state index in [1.165, 1.54) is 92.7 Å². The second-order valence-corrected chi connectivity index (χ2v) is 8.22. The minimum absolute atomic E-state index is 1.08. The number of rotatable bonds is 14. The Kier molecular flexibility index (Phi) is 9.63. The van der Waals surface area contributed by atoms with Gasteiger partial charge in [0.05, 0.1) is 0 Å². The zero-order valence-corrected chi connectivity index (χ0v) is 17.9. The third kappa shape index (κ3) is 7.93. The molecule has 154 valence electrons. The number of fused-ring (bicyclic) bond motifs is 1. The summed E-state index contributed by atoms with van der Waals surface area (Å²) >= 11 is 0. The number of aryl methyl sites for hydroxylation is 1. The second kappa shape index (κ2) is 13.0. The fourth-order valence-electron chi connectivity index (χ4n) is 4.12. The SMILES string of the molecule is c1ccc(CCCCCCCCCCCCNc2cccc3ccccc23)cc1. The van der Waals surface area contributed by atoms with E-state index >= 15 is 0 Å². The van der Waals surface area contributed by atoms with E-state index in [9.17, 15) is 0 Å². The Labute approximate surface area is 177 Å². The van der Waals surface area contributed by atoms with Gasteiger partial charge in [0.15, 0.2) is 0 Å². The molecule has 1 nitrogen and oxygen atoms in total. The third-order valence-electron chi connectivity index (χ3n) is 5.84. The fraction of sp³-hybridized carbons (Fsp3) is 0.429. The molecule has 3 rings (SSSR count). The van der Waals surface area contributed by atoms with Crippen LogP contribution in [0.15, 0.2) is 72.8 Å². The molecule has 0 aliphatic carbocycles. The molecule has 0 heterocycles. The Morgan fingerprint density at radius 1 is 0.483 bits per heavy atom. The molecule has 0 radical (unpaired) electrons. The molecule has 0 fully saturated rings. The highest BCUT2D eigenvalue weighted by molar-refractivity contribution is 5.93. The highest BCUT2D eigenvalue weighted by Crippen LogP contribution is 2.23. The van der Waals surface area contributed by atoms with E-state index in [1.54, 1.807) is 0 Å². The van der Waals surface area contributed by atoms with Crippen molar-refractivity contribution in [1.82, 2.24) is 0 Å². The van der Waals surface area contributed by atoms with Crippen LogP contribution in [0.3, 0.4) is 0 Å². The van der Waals surface area contributed by atoms with Gasteiger partial charge in [0.1, 0.15) is 0 Å². The molecule has 0 saturated heterocycles. The molecule has 1 N–H and O–H groups in total. The lowest BCUT2D eigenvalue weighted by atomic mass is 10.0. The summed E-state index contributed by atoms with van der Waals surface area (Å²) in [6.45, 7) is 1.08. The van der Waals surface area contributed by atoms with E-state index < -0.39 is 0 Å². The van der Waals surface area contributed by atoms with Crippen LogP contribution in [-0.2, 0) is 6.42 Å². The second-order valence-electron chi connectivity index (χ2n) is 8.22. The Morgan fingerprint density at radius 2 is 1.07 bits per heavy atom. The lowest BCUT2D eigenvalue weighted by Gasteiger charge is -2.09. The van der Waals surface area contributed by atoms with Gasteiger partial charge in [-0.3, -0.25) is 0 Å². The summed E-state index contributed by atoms with van der Waals surface area (Å²) in [7, 11) is 0. The monoisotopic (exact) mass is 387 g/mol. The van der Waals surface area contributed by atoms with Gasteiger partial charge in [0.2, 0.25) is 0 Å². The molecule has 0 spiro atoms. The largest absolute Gasteiger partial charge is 0.385 e. The lowest BCUT2D eigenvalue weighted by molar-refractivity contribution is 0.554. The van der Waals surface area contributed by atoms with Gasteiger partial charge < -0.3 is 5.32 Å². The summed E-state index contributed by atoms with van der Waals surface area (Å²) in [6, 6.07) is 26.0. The van der Waals surface area contributed by atoms with Crippen molar-refractivity contribution in [3.63, 3.8) is 0 Å². The molecule has 0 amide bonds. The predicted octanol–water partition coefficient (Wildman–Crippen LogP) is 8.40. The first-order chi connectivity index (χ1) is 14.4. The highest BCUT2D eigenvalue weighted by atomic mass is 14.9. The fourth-order valence-corrected chi connectivity index (χ4v) is 4.12. The quantitative estimate of drug-likeness (QED) is 0.274. The zero-order chi connectivity index (χ0) is 20.0. The van der Waals surface area contributed by atoms with Crippen LogP contribution in [-0.4, -0.2) is 6.54 Å². The molecule has 0 unspecified atom stereocenters. The van der Waals surface area contributed by atoms with Gasteiger partial charge >= 0.3 is 0 Å². The molecule has 0 aliphatic rings. The summed E-state index contributed by atoms with van der Waals surface area (Å²) in [5.41, 5.74) is 2.76. The first-order valence-corrected chi connectivity index (χ1v) is 11.7. The van der Waals surface area contributed by atoms with E-state index in [-0.39, 0.29) is 0 Å². The van der Waals surface area contributed by atoms with Crippen molar-refractivity contribution < 1.29 is 0 Å². The molecule has 0 aliphatic heterocycles. The van der Waals surface area contributed by atoms with Crippen LogP contribution >= 0.6 is 0 Å². The summed E-state index contributed by atoms with van der Waals surface area (Å²) in [5, 5.41) is 6.28. The van der Waals surface area contributed by atoms with Crippen LogP contribution < -0.4 is 5.32 Å². The average molecular weight is 388 g/mol. The molecule has 0 saturated carbocycles. The van der Waals surface area contributed by atoms with E-state index in [1.807, 2.05) is 0 Å². The van der Waals surface area contributed by atoms with Gasteiger partial charge in [0, 0.05) is 17.6 Å². The summed E-state index contributed by atoms with van der Waals surface area (Å²) in [6.07, 6.45) is 15.0. The van der Waals surface area contributed by atoms with E-state index in [0.717, 1.165) is 6.54 Å². The van der Waals surface area contributed by atoms with Crippen molar-refractivity contribution in [1.29, 1.82) is 0 Å². The van der Waals surface area contributed by atoms with Crippen LogP contribution in [0.2, 0.25) is 0 Å². The molecule has 0 atom stereocenters. The smallest absolute Gasteiger partial charge is 0.0419 e. The zero-order valence-electron chi connectivity index (χ0n) is 17.9. The number of benzene rings is 3. The van der Waals surface area contributed by atoms with Crippen molar-refractivity contribution in [3.8, 4) is 0 Å². The molecule has 0 aromatic heterocycles. The number of anilines is 1. The van der Waals surface area contributed by atoms with Crippen molar-refractivity contribution >= 4 is 16.5 Å². The third-order valence-corrected chi connectivity index (χ3v) is 5.84. The van der Waals surface area contributed by atoms with Crippen LogP contribution in [0.1, 0.15) is 69.8 Å². The molecule has 3 aromatic carbocycles. The Hall–Kier alpha value is -2.28. The van der Waals surface area contributed by atoms with Crippen LogP contribution in [0, 0.1) is 0 Å². The van der Waals surface area contributed by atoms with E-state index in [0.29, 0.717) is 0 Å². The van der Waals surface area contributed by atoms with Crippen molar-refractivity contribution in [3.05, 3.63) is 78.4 Å². The first-order valence-electron chi connectivity index (χ1n) is 11.7. The first kappa shape index (κ1) is 21.4. The van der Waals surface area contributed by atoms with E-state index in [4.69, 9.17) is 0 Å². The van der Waals surface area contributed by atoms with Gasteiger partial charge in [-0.25, -0.2) is 0 Å². The maximum Gasteiger partial charge on any atom is 0.0419 e. The molecule has 29 heavy (non-hydrogen) atoms. The van der Waals surface area contributed by atoms with Gasteiger partial charge in [-0.1, -0.05) is 118 Å². The summed E-state index contributed by atoms with van der Waals surface area (Å²) < 4.78 is 0. The summed E-state index contributed by atoms with van der Waals surface area (Å²) in [5.74, 6) is 0. The standard InChI is InChI=1S/C28H37N/c1(3-5-7-10-17-25-18-11-9-12-19-25)2-4-6-8-15-24-29-28-23-16-21-26-20-13-14-22-27(26)28/h9,11-14,16,18-23,29H,1-8,10,15,17,24H2. The van der Waals surface area contributed by atoms with Crippen molar-refractivity contribution in [2.45, 2.75) is 70.6 Å². The minimum Gasteiger partial charge on any atom is -0.385 e. The molecule has 1 heteroatoms. The topological polar surface area (TPSA) is 12.0 Å². The number of nitrogens with one attached hydrogen (secondary N) is 1. The maximum atomic E-state index is 3.63. The van der Waals surface area contributed by atoms with Crippen molar-refractivity contribution in [2.75, 3.05) is 11.9 Å². The van der Waals surface area contributed by atoms with Crippen LogP contribution in [0.4, 0.5) is 5.69 Å². The molecule has 3 aromatic rings. The lowest BCUT2D eigenvalue weighted by Crippen LogP contribution is -2.01. The van der Waals surface area contributed by atoms with Crippen molar-refractivity contribution in [2.24, 2.45) is 0 Å². The Bertz CT molecular complexity index is 803. The van der Waals surface area contributed by atoms with Crippen LogP contribution in [0.5, 0.6) is 0 Å². The van der Waals surface area contributed by atoms with Gasteiger partial charge in [-0.05, 0) is 36.3 Å². The van der Waals surface area contributed by atoms with Gasteiger partial charge in [0.25, 0.3) is 0 Å². The maximum absolute atomic E-state index is 3.63. The Morgan fingerprint density at radius 3 is 1.83 bits per heavy atom. The minimum atomic E-state index is 1.08. The molecular weight excluding hydrogens is 350 g/mol.